The molecule has 0 unspecified atom stereocenters. The number of rotatable bonds is 1. The van der Waals surface area contributed by atoms with E-state index in [1.807, 2.05) is 31.6 Å². The van der Waals surface area contributed by atoms with Crippen molar-refractivity contribution in [3.05, 3.63) is 34.5 Å². The van der Waals surface area contributed by atoms with Crippen LogP contribution in [0.4, 0.5) is 0 Å². The molecule has 2 rings (SSSR count). The van der Waals surface area contributed by atoms with Gasteiger partial charge in [0.2, 0.25) is 0 Å². The molecular weight excluding hydrogens is 517 g/mol. The van der Waals surface area contributed by atoms with Gasteiger partial charge in [-0.1, -0.05) is 6.07 Å². The summed E-state index contributed by atoms with van der Waals surface area (Å²) in [6.45, 7) is 8.07. The van der Waals surface area contributed by atoms with Crippen molar-refractivity contribution in [2.24, 2.45) is 7.05 Å². The monoisotopic (exact) mass is 535 g/mol. The molecule has 0 amide bonds. The predicted molar refractivity (Wildman–Crippen MR) is 97.3 cm³/mol. The number of phenols is 1. The molecular formula is C14H18I2N2OV. The van der Waals surface area contributed by atoms with Crippen LogP contribution < -0.4 is 0 Å². The molecule has 0 radical (unpaired) electrons. The summed E-state index contributed by atoms with van der Waals surface area (Å²) in [5.74, 6) is 0.327. The van der Waals surface area contributed by atoms with Crippen LogP contribution in [0.3, 0.4) is 0 Å². The zero-order valence-corrected chi connectivity index (χ0v) is 17.9. The van der Waals surface area contributed by atoms with Gasteiger partial charge >= 0.3 is 49.4 Å². The van der Waals surface area contributed by atoms with E-state index in [0.29, 0.717) is 15.2 Å². The van der Waals surface area contributed by atoms with E-state index in [9.17, 15) is 5.11 Å². The predicted octanol–water partition coefficient (Wildman–Crippen LogP) is 4.80. The summed E-state index contributed by atoms with van der Waals surface area (Å²) in [5, 5.41) is 14.3. The summed E-state index contributed by atoms with van der Waals surface area (Å²) in [6, 6.07) is 3.80. The fourth-order valence-corrected chi connectivity index (χ4v) is 2.07. The first-order valence-electron chi connectivity index (χ1n) is 6.06. The second-order valence-electron chi connectivity index (χ2n) is 4.70. The van der Waals surface area contributed by atoms with Gasteiger partial charge in [-0.2, -0.15) is 5.10 Å². The molecule has 0 atom stereocenters. The Hall–Kier alpha value is 0.274. The number of hydrogen-bond acceptors (Lipinski definition) is 2. The van der Waals surface area contributed by atoms with Gasteiger partial charge in [0.1, 0.15) is 5.75 Å². The molecule has 0 fully saturated rings. The number of aromatic hydroxyl groups is 1. The first kappa shape index (κ1) is 18.3. The number of halogens is 2. The first-order valence-corrected chi connectivity index (χ1v) is 15.1. The average Bonchev–Trinajstić information content (AvgIpc) is 2.63. The number of aryl methyl sites for hydroxylation is 3. The van der Waals surface area contributed by atoms with Gasteiger partial charge in [-0.15, -0.1) is 0 Å². The standard InChI is InChI=1S/C14H18N2O.2HI.V/c1-8-6-9(2)13(17)7-12(8)14-10(3)11(4)16(5)15-14;;;/h6-7,17H,1-5H3;2*1H;/q;;;+2/p-2. The van der Waals surface area contributed by atoms with Crippen LogP contribution in [0.15, 0.2) is 12.1 Å². The molecule has 6 heteroatoms. The molecule has 1 aromatic heterocycles. The van der Waals surface area contributed by atoms with Crippen molar-refractivity contribution in [1.29, 1.82) is 0 Å². The van der Waals surface area contributed by atoms with Crippen molar-refractivity contribution in [3.8, 4) is 17.0 Å². The van der Waals surface area contributed by atoms with Crippen molar-refractivity contribution in [2.45, 2.75) is 27.7 Å². The minimum atomic E-state index is 0.327. The van der Waals surface area contributed by atoms with E-state index in [4.69, 9.17) is 0 Å². The van der Waals surface area contributed by atoms with Crippen molar-refractivity contribution in [2.75, 3.05) is 0 Å². The van der Waals surface area contributed by atoms with E-state index in [0.717, 1.165) is 28.1 Å². The van der Waals surface area contributed by atoms with Gasteiger partial charge in [-0.3, -0.25) is 4.68 Å². The first-order chi connectivity index (χ1) is 9.33. The summed E-state index contributed by atoms with van der Waals surface area (Å²) in [5.41, 5.74) is 6.32. The van der Waals surface area contributed by atoms with Crippen LogP contribution in [0.2, 0.25) is 0 Å². The normalized spacial score (nSPS) is 9.95. The fraction of sp³-hybridized carbons (Fsp3) is 0.357. The summed E-state index contributed by atoms with van der Waals surface area (Å²) in [7, 11) is 2.57. The Bertz CT molecular complexity index is 612. The van der Waals surface area contributed by atoms with E-state index in [-0.39, 0.29) is 0 Å². The molecule has 0 bridgehead atoms. The number of benzene rings is 1. The van der Waals surface area contributed by atoms with Crippen molar-refractivity contribution < 1.29 is 14.6 Å². The van der Waals surface area contributed by atoms with Crippen molar-refractivity contribution in [3.63, 3.8) is 0 Å². The van der Waals surface area contributed by atoms with Crippen molar-refractivity contribution >= 4 is 40.0 Å². The van der Waals surface area contributed by atoms with E-state index < -0.39 is 0 Å². The van der Waals surface area contributed by atoms with E-state index in [1.165, 1.54) is 5.56 Å². The molecule has 1 aromatic carbocycles. The molecule has 20 heavy (non-hydrogen) atoms. The number of hydrogen-bond donors (Lipinski definition) is 1. The maximum atomic E-state index is 9.82. The van der Waals surface area contributed by atoms with Crippen LogP contribution in [0.1, 0.15) is 22.4 Å². The third-order valence-corrected chi connectivity index (χ3v) is 3.43. The maximum absolute atomic E-state index is 9.82. The van der Waals surface area contributed by atoms with Gasteiger partial charge in [0.05, 0.1) is 5.69 Å². The Morgan fingerprint density at radius 3 is 2.10 bits per heavy atom. The van der Waals surface area contributed by atoms with Crippen LogP contribution in [-0.4, -0.2) is 14.9 Å². The fourth-order valence-electron chi connectivity index (χ4n) is 2.07. The van der Waals surface area contributed by atoms with Crippen LogP contribution in [-0.2, 0) is 16.5 Å². The number of nitrogens with zero attached hydrogens (tertiary/aromatic N) is 2. The summed E-state index contributed by atoms with van der Waals surface area (Å²) >= 11 is 4.74. The topological polar surface area (TPSA) is 38.0 Å². The van der Waals surface area contributed by atoms with Gasteiger partial charge < -0.3 is 5.11 Å². The van der Waals surface area contributed by atoms with E-state index >= 15 is 0 Å². The molecule has 0 aliphatic rings. The second-order valence-corrected chi connectivity index (χ2v) is 16.5. The van der Waals surface area contributed by atoms with Gasteiger partial charge in [0, 0.05) is 18.3 Å². The Kier molecular flexibility index (Phi) is 7.38. The summed E-state index contributed by atoms with van der Waals surface area (Å²) < 4.78 is 1.88. The zero-order chi connectivity index (χ0) is 15.4. The van der Waals surface area contributed by atoms with Crippen LogP contribution >= 0.6 is 40.0 Å². The van der Waals surface area contributed by atoms with Gasteiger partial charge in [0.15, 0.2) is 0 Å². The molecule has 0 aliphatic carbocycles. The van der Waals surface area contributed by atoms with Gasteiger partial charge in [-0.05, 0) is 50.5 Å². The Labute approximate surface area is 149 Å². The molecule has 2 aromatic rings. The van der Waals surface area contributed by atoms with Crippen LogP contribution in [0.5, 0.6) is 5.75 Å². The Balaban J connectivity index is 0.000000612. The van der Waals surface area contributed by atoms with E-state index in [1.54, 1.807) is 6.07 Å². The molecule has 1 N–H and O–H groups in total. The van der Waals surface area contributed by atoms with E-state index in [2.05, 4.69) is 58.9 Å². The molecule has 0 saturated heterocycles. The van der Waals surface area contributed by atoms with Crippen LogP contribution in [0.25, 0.3) is 11.3 Å². The minimum absolute atomic E-state index is 0.327. The molecule has 109 valence electrons. The quantitative estimate of drug-likeness (QED) is 0.534. The third kappa shape index (κ3) is 4.14. The van der Waals surface area contributed by atoms with Gasteiger partial charge in [-0.25, -0.2) is 0 Å². The SMILES string of the molecule is Cc1cc(C)c(-c2nn(C)c(C)c2C)cc1O.[I][V][I]. The molecule has 0 saturated carbocycles. The Morgan fingerprint density at radius 1 is 1.10 bits per heavy atom. The number of aromatic nitrogens is 2. The molecule has 0 spiro atoms. The number of phenolic OH excluding ortho intramolecular Hbond substituents is 1. The average molecular weight is 535 g/mol. The zero-order valence-electron chi connectivity index (χ0n) is 12.2. The molecule has 3 nitrogen and oxygen atoms in total. The Morgan fingerprint density at radius 2 is 1.65 bits per heavy atom. The summed E-state index contributed by atoms with van der Waals surface area (Å²) in [6.07, 6.45) is 0. The second kappa shape index (κ2) is 8.05. The van der Waals surface area contributed by atoms with Crippen molar-refractivity contribution in [1.82, 2.24) is 9.78 Å². The summed E-state index contributed by atoms with van der Waals surface area (Å²) in [4.78, 5) is 0. The molecule has 0 aliphatic heterocycles. The van der Waals surface area contributed by atoms with Gasteiger partial charge in [0.25, 0.3) is 0 Å². The third-order valence-electron chi connectivity index (χ3n) is 3.43. The van der Waals surface area contributed by atoms with Crippen LogP contribution in [0, 0.1) is 27.7 Å². The molecule has 1 heterocycles.